The molecule has 2 rings (SSSR count). The summed E-state index contributed by atoms with van der Waals surface area (Å²) in [6.07, 6.45) is 3.89. The number of pyridine rings is 1. The predicted octanol–water partition coefficient (Wildman–Crippen LogP) is 0.573. The minimum absolute atomic E-state index is 0.0566. The van der Waals surface area contributed by atoms with Crippen LogP contribution in [0.2, 0.25) is 0 Å². The van der Waals surface area contributed by atoms with Crippen LogP contribution in [-0.4, -0.2) is 35.1 Å². The number of aromatic nitrogens is 1. The summed E-state index contributed by atoms with van der Waals surface area (Å²) in [6, 6.07) is 1.76. The molecule has 5 nitrogen and oxygen atoms in total. The zero-order valence-electron chi connectivity index (χ0n) is 9.93. The molecule has 1 fully saturated rings. The van der Waals surface area contributed by atoms with E-state index in [9.17, 15) is 5.11 Å². The molecular formula is C12H18N4O. The van der Waals surface area contributed by atoms with Gasteiger partial charge in [0.1, 0.15) is 5.84 Å². The fraction of sp³-hybridized carbons (Fsp3) is 0.500. The third kappa shape index (κ3) is 2.39. The van der Waals surface area contributed by atoms with Gasteiger partial charge in [-0.15, -0.1) is 0 Å². The van der Waals surface area contributed by atoms with Crippen molar-refractivity contribution >= 4 is 11.5 Å². The average molecular weight is 234 g/mol. The summed E-state index contributed by atoms with van der Waals surface area (Å²) < 4.78 is 0. The van der Waals surface area contributed by atoms with Crippen LogP contribution in [0.4, 0.5) is 5.69 Å². The van der Waals surface area contributed by atoms with Crippen molar-refractivity contribution in [2.45, 2.75) is 19.4 Å². The van der Waals surface area contributed by atoms with Gasteiger partial charge in [0.25, 0.3) is 0 Å². The Labute approximate surface area is 101 Å². The number of hydrogen-bond acceptors (Lipinski definition) is 4. The van der Waals surface area contributed by atoms with Crippen LogP contribution in [0.5, 0.6) is 0 Å². The highest BCUT2D eigenvalue weighted by Crippen LogP contribution is 2.25. The highest BCUT2D eigenvalue weighted by Gasteiger charge is 2.25. The molecule has 0 spiro atoms. The van der Waals surface area contributed by atoms with E-state index in [4.69, 9.17) is 11.1 Å². The molecule has 1 aromatic heterocycles. The van der Waals surface area contributed by atoms with E-state index < -0.39 is 0 Å². The van der Waals surface area contributed by atoms with Gasteiger partial charge in [-0.25, -0.2) is 0 Å². The molecule has 1 aromatic rings. The van der Waals surface area contributed by atoms with Gasteiger partial charge in [0.15, 0.2) is 0 Å². The number of anilines is 1. The molecule has 1 aliphatic rings. The molecule has 4 N–H and O–H groups in total. The molecular weight excluding hydrogens is 216 g/mol. The second kappa shape index (κ2) is 4.71. The van der Waals surface area contributed by atoms with Crippen molar-refractivity contribution in [1.29, 1.82) is 5.41 Å². The number of nitrogens with two attached hydrogens (primary N) is 1. The van der Waals surface area contributed by atoms with Crippen molar-refractivity contribution in [1.82, 2.24) is 4.98 Å². The molecule has 0 saturated carbocycles. The van der Waals surface area contributed by atoms with Crippen molar-refractivity contribution in [2.75, 3.05) is 18.0 Å². The van der Waals surface area contributed by atoms with E-state index >= 15 is 0 Å². The summed E-state index contributed by atoms with van der Waals surface area (Å²) in [5.74, 6) is 0.282. The maximum Gasteiger partial charge on any atom is 0.125 e. The highest BCUT2D eigenvalue weighted by atomic mass is 16.3. The van der Waals surface area contributed by atoms with E-state index in [-0.39, 0.29) is 17.9 Å². The van der Waals surface area contributed by atoms with E-state index in [1.807, 2.05) is 6.92 Å². The van der Waals surface area contributed by atoms with Gasteiger partial charge in [-0.3, -0.25) is 10.4 Å². The van der Waals surface area contributed by atoms with Crippen LogP contribution in [0.3, 0.4) is 0 Å². The topological polar surface area (TPSA) is 86.2 Å². The average Bonchev–Trinajstić information content (AvgIpc) is 2.32. The molecule has 2 heterocycles. The first kappa shape index (κ1) is 11.9. The molecule has 1 saturated heterocycles. The molecule has 2 unspecified atom stereocenters. The van der Waals surface area contributed by atoms with Crippen molar-refractivity contribution in [3.05, 3.63) is 24.0 Å². The number of aliphatic hydroxyl groups excluding tert-OH is 1. The van der Waals surface area contributed by atoms with Crippen LogP contribution in [0, 0.1) is 11.3 Å². The van der Waals surface area contributed by atoms with Crippen LogP contribution in [-0.2, 0) is 0 Å². The normalized spacial score (nSPS) is 24.7. The first-order valence-corrected chi connectivity index (χ1v) is 5.81. The minimum Gasteiger partial charge on any atom is -0.393 e. The lowest BCUT2D eigenvalue weighted by Crippen LogP contribution is -2.42. The Kier molecular flexibility index (Phi) is 3.28. The molecule has 0 bridgehead atoms. The summed E-state index contributed by atoms with van der Waals surface area (Å²) in [5, 5.41) is 17.3. The van der Waals surface area contributed by atoms with Crippen LogP contribution in [0.25, 0.3) is 0 Å². The van der Waals surface area contributed by atoms with Crippen LogP contribution in [0.15, 0.2) is 18.5 Å². The monoisotopic (exact) mass is 234 g/mol. The molecule has 1 aliphatic heterocycles. The van der Waals surface area contributed by atoms with Gasteiger partial charge in [-0.2, -0.15) is 0 Å². The fourth-order valence-corrected chi connectivity index (χ4v) is 2.22. The van der Waals surface area contributed by atoms with Gasteiger partial charge in [0, 0.05) is 24.8 Å². The Morgan fingerprint density at radius 1 is 1.65 bits per heavy atom. The van der Waals surface area contributed by atoms with Gasteiger partial charge >= 0.3 is 0 Å². The first-order valence-electron chi connectivity index (χ1n) is 5.81. The molecule has 0 aromatic carbocycles. The van der Waals surface area contributed by atoms with Gasteiger partial charge in [-0.1, -0.05) is 6.92 Å². The van der Waals surface area contributed by atoms with Crippen molar-refractivity contribution < 1.29 is 5.11 Å². The predicted molar refractivity (Wildman–Crippen MR) is 67.3 cm³/mol. The summed E-state index contributed by atoms with van der Waals surface area (Å²) in [5.41, 5.74) is 7.16. The summed E-state index contributed by atoms with van der Waals surface area (Å²) in [6.45, 7) is 3.57. The van der Waals surface area contributed by atoms with Crippen LogP contribution < -0.4 is 10.6 Å². The molecule has 2 atom stereocenters. The van der Waals surface area contributed by atoms with E-state index in [2.05, 4.69) is 9.88 Å². The Hall–Kier alpha value is -1.62. The number of amidine groups is 1. The first-order chi connectivity index (χ1) is 8.09. The lowest BCUT2D eigenvalue weighted by atomic mass is 9.96. The Morgan fingerprint density at radius 3 is 3.06 bits per heavy atom. The maximum atomic E-state index is 9.71. The summed E-state index contributed by atoms with van der Waals surface area (Å²) >= 11 is 0. The molecule has 0 amide bonds. The Balaban J connectivity index is 2.25. The zero-order chi connectivity index (χ0) is 12.4. The molecule has 5 heteroatoms. The zero-order valence-corrected chi connectivity index (χ0v) is 9.93. The lowest BCUT2D eigenvalue weighted by molar-refractivity contribution is 0.0971. The third-order valence-electron chi connectivity index (χ3n) is 3.29. The fourth-order valence-electron chi connectivity index (χ4n) is 2.22. The van der Waals surface area contributed by atoms with E-state index in [0.717, 1.165) is 25.2 Å². The quantitative estimate of drug-likeness (QED) is 0.516. The molecule has 17 heavy (non-hydrogen) atoms. The third-order valence-corrected chi connectivity index (χ3v) is 3.29. The number of nitrogen functional groups attached to an aromatic ring is 1. The number of rotatable bonds is 2. The second-order valence-corrected chi connectivity index (χ2v) is 4.59. The number of piperidine rings is 1. The van der Waals surface area contributed by atoms with Crippen molar-refractivity contribution in [3.63, 3.8) is 0 Å². The Morgan fingerprint density at radius 2 is 2.41 bits per heavy atom. The minimum atomic E-state index is -0.233. The Bertz CT molecular complexity index is 421. The highest BCUT2D eigenvalue weighted by molar-refractivity contribution is 6.00. The van der Waals surface area contributed by atoms with Crippen LogP contribution >= 0.6 is 0 Å². The summed E-state index contributed by atoms with van der Waals surface area (Å²) in [4.78, 5) is 6.23. The maximum absolute atomic E-state index is 9.71. The van der Waals surface area contributed by atoms with E-state index in [1.54, 1.807) is 18.5 Å². The van der Waals surface area contributed by atoms with Crippen LogP contribution in [0.1, 0.15) is 18.9 Å². The SMILES string of the molecule is CC1CN(c2cnccc2C(=N)N)CCC1O. The van der Waals surface area contributed by atoms with Crippen molar-refractivity contribution in [2.24, 2.45) is 11.7 Å². The van der Waals surface area contributed by atoms with E-state index in [0.29, 0.717) is 5.56 Å². The number of hydrogen-bond donors (Lipinski definition) is 3. The molecule has 0 radical (unpaired) electrons. The molecule has 92 valence electrons. The van der Waals surface area contributed by atoms with Gasteiger partial charge < -0.3 is 15.7 Å². The van der Waals surface area contributed by atoms with Crippen molar-refractivity contribution in [3.8, 4) is 0 Å². The summed E-state index contributed by atoms with van der Waals surface area (Å²) in [7, 11) is 0. The van der Waals surface area contributed by atoms with Gasteiger partial charge in [0.2, 0.25) is 0 Å². The number of aliphatic hydroxyl groups is 1. The molecule has 0 aliphatic carbocycles. The standard InChI is InChI=1S/C12H18N4O/c1-8-7-16(5-3-11(8)17)10-6-15-4-2-9(10)12(13)14/h2,4,6,8,11,17H,3,5,7H2,1H3,(H3,13,14). The second-order valence-electron chi connectivity index (χ2n) is 4.59. The van der Waals surface area contributed by atoms with Gasteiger partial charge in [0.05, 0.1) is 18.0 Å². The van der Waals surface area contributed by atoms with Gasteiger partial charge in [-0.05, 0) is 18.4 Å². The lowest BCUT2D eigenvalue weighted by Gasteiger charge is -2.36. The smallest absolute Gasteiger partial charge is 0.125 e. The number of nitrogens with zero attached hydrogens (tertiary/aromatic N) is 2. The number of nitrogens with one attached hydrogen (secondary N) is 1. The largest absolute Gasteiger partial charge is 0.393 e. The van der Waals surface area contributed by atoms with E-state index in [1.165, 1.54) is 0 Å².